The highest BCUT2D eigenvalue weighted by atomic mass is 16.5. The number of primary amides is 1. The van der Waals surface area contributed by atoms with Crippen LogP contribution in [0.4, 0.5) is 21.9 Å². The van der Waals surface area contributed by atoms with Crippen LogP contribution in [0.2, 0.25) is 0 Å². The number of urea groups is 1. The van der Waals surface area contributed by atoms with Crippen LogP contribution in [0.25, 0.3) is 0 Å². The molecular weight excluding hydrogens is 392 g/mol. The van der Waals surface area contributed by atoms with Crippen molar-refractivity contribution in [2.75, 3.05) is 16.0 Å². The molecule has 0 bridgehead atoms. The quantitative estimate of drug-likeness (QED) is 0.420. The molecule has 0 radical (unpaired) electrons. The van der Waals surface area contributed by atoms with Crippen LogP contribution in [-0.2, 0) is 6.54 Å². The van der Waals surface area contributed by atoms with Crippen LogP contribution in [0.1, 0.15) is 29.8 Å². The molecule has 7 heteroatoms. The summed E-state index contributed by atoms with van der Waals surface area (Å²) in [5.74, 6) is 0.0795. The Kier molecular flexibility index (Phi) is 7.11. The molecule has 7 nitrogen and oxygen atoms in total. The van der Waals surface area contributed by atoms with Crippen LogP contribution in [-0.4, -0.2) is 18.0 Å². The van der Waals surface area contributed by atoms with E-state index in [2.05, 4.69) is 16.0 Å². The van der Waals surface area contributed by atoms with Crippen molar-refractivity contribution in [3.63, 3.8) is 0 Å². The lowest BCUT2D eigenvalue weighted by Gasteiger charge is -2.14. The molecule has 3 aromatic rings. The van der Waals surface area contributed by atoms with Gasteiger partial charge in [0.2, 0.25) is 0 Å². The van der Waals surface area contributed by atoms with Gasteiger partial charge in [0.05, 0.1) is 11.7 Å². The van der Waals surface area contributed by atoms with E-state index in [-0.39, 0.29) is 6.10 Å². The molecule has 0 saturated carbocycles. The Balaban J connectivity index is 1.66. The number of rotatable bonds is 8. The molecule has 31 heavy (non-hydrogen) atoms. The fourth-order valence-corrected chi connectivity index (χ4v) is 2.99. The van der Waals surface area contributed by atoms with E-state index in [1.807, 2.05) is 50.2 Å². The number of carbonyl (C=O) groups is 2. The first-order valence-electron chi connectivity index (χ1n) is 9.97. The Morgan fingerprint density at radius 1 is 0.903 bits per heavy atom. The number of anilines is 3. The maximum absolute atomic E-state index is 12.4. The van der Waals surface area contributed by atoms with Crippen molar-refractivity contribution < 1.29 is 14.3 Å². The number of hydrogen-bond acceptors (Lipinski definition) is 4. The van der Waals surface area contributed by atoms with Crippen LogP contribution in [0.3, 0.4) is 0 Å². The van der Waals surface area contributed by atoms with E-state index in [9.17, 15) is 9.59 Å². The summed E-state index contributed by atoms with van der Waals surface area (Å²) in [7, 11) is 0. The van der Waals surface area contributed by atoms with E-state index in [0.717, 1.165) is 5.56 Å². The number of benzene rings is 3. The summed E-state index contributed by atoms with van der Waals surface area (Å²) in [5.41, 5.74) is 8.54. The highest BCUT2D eigenvalue weighted by Crippen LogP contribution is 2.22. The predicted octanol–water partition coefficient (Wildman–Crippen LogP) is 4.83. The largest absolute Gasteiger partial charge is 0.491 e. The van der Waals surface area contributed by atoms with Gasteiger partial charge in [0.1, 0.15) is 5.75 Å². The molecule has 0 aliphatic rings. The van der Waals surface area contributed by atoms with Crippen molar-refractivity contribution >= 4 is 29.0 Å². The third kappa shape index (κ3) is 6.50. The number of carbonyl (C=O) groups excluding carboxylic acids is 2. The average Bonchev–Trinajstić information content (AvgIpc) is 2.73. The molecule has 0 aliphatic heterocycles. The lowest BCUT2D eigenvalue weighted by Crippen LogP contribution is -2.20. The Bertz CT molecular complexity index is 1050. The molecule has 160 valence electrons. The summed E-state index contributed by atoms with van der Waals surface area (Å²) in [4.78, 5) is 24.3. The molecule has 3 amide bonds. The number of hydrogen-bond donors (Lipinski definition) is 4. The van der Waals surface area contributed by atoms with E-state index >= 15 is 0 Å². The van der Waals surface area contributed by atoms with E-state index in [4.69, 9.17) is 10.5 Å². The Labute approximate surface area is 181 Å². The van der Waals surface area contributed by atoms with Crippen LogP contribution < -0.4 is 26.4 Å². The highest BCUT2D eigenvalue weighted by molar-refractivity contribution is 6.03. The summed E-state index contributed by atoms with van der Waals surface area (Å²) in [6.45, 7) is 4.41. The first-order valence-corrected chi connectivity index (χ1v) is 9.97. The van der Waals surface area contributed by atoms with Crippen molar-refractivity contribution in [1.82, 2.24) is 0 Å². The van der Waals surface area contributed by atoms with E-state index in [0.29, 0.717) is 34.9 Å². The van der Waals surface area contributed by atoms with Gasteiger partial charge in [-0.25, -0.2) is 4.79 Å². The fourth-order valence-electron chi connectivity index (χ4n) is 2.99. The molecule has 0 aliphatic carbocycles. The van der Waals surface area contributed by atoms with Crippen molar-refractivity contribution in [2.45, 2.75) is 26.5 Å². The normalized spacial score (nSPS) is 10.4. The van der Waals surface area contributed by atoms with Gasteiger partial charge in [-0.1, -0.05) is 36.4 Å². The molecule has 0 spiro atoms. The van der Waals surface area contributed by atoms with Gasteiger partial charge >= 0.3 is 6.03 Å². The highest BCUT2D eigenvalue weighted by Gasteiger charge is 2.11. The van der Waals surface area contributed by atoms with Crippen molar-refractivity contribution in [3.8, 4) is 5.75 Å². The van der Waals surface area contributed by atoms with Gasteiger partial charge in [-0.2, -0.15) is 0 Å². The van der Waals surface area contributed by atoms with E-state index < -0.39 is 11.9 Å². The molecule has 0 heterocycles. The third-order valence-corrected chi connectivity index (χ3v) is 4.33. The fraction of sp³-hybridized carbons (Fsp3) is 0.167. The number of amides is 3. The lowest BCUT2D eigenvalue weighted by atomic mass is 10.1. The number of nitrogens with two attached hydrogens (primary N) is 1. The van der Waals surface area contributed by atoms with Crippen molar-refractivity contribution in [1.29, 1.82) is 0 Å². The molecular formula is C24H26N4O3. The Morgan fingerprint density at radius 2 is 1.61 bits per heavy atom. The van der Waals surface area contributed by atoms with Gasteiger partial charge in [-0.05, 0) is 49.7 Å². The summed E-state index contributed by atoms with van der Waals surface area (Å²) < 4.78 is 5.63. The van der Waals surface area contributed by atoms with E-state index in [1.54, 1.807) is 36.4 Å². The molecule has 0 aromatic heterocycles. The summed E-state index contributed by atoms with van der Waals surface area (Å²) in [5, 5.41) is 8.68. The van der Waals surface area contributed by atoms with Crippen molar-refractivity contribution in [3.05, 3.63) is 83.9 Å². The van der Waals surface area contributed by atoms with Crippen LogP contribution in [0.15, 0.2) is 72.8 Å². The summed E-state index contributed by atoms with van der Waals surface area (Å²) >= 11 is 0. The second kappa shape index (κ2) is 10.2. The second-order valence-corrected chi connectivity index (χ2v) is 7.24. The SMILES string of the molecule is CC(C)Oc1cccc(NC(=O)Nc2ccc(NCc3ccccc3)c(C(N)=O)c2)c1. The Hall–Kier alpha value is -4.00. The van der Waals surface area contributed by atoms with Gasteiger partial charge in [-0.3, -0.25) is 4.79 Å². The third-order valence-electron chi connectivity index (χ3n) is 4.33. The predicted molar refractivity (Wildman–Crippen MR) is 124 cm³/mol. The van der Waals surface area contributed by atoms with Gasteiger partial charge in [0, 0.05) is 29.7 Å². The average molecular weight is 418 g/mol. The first kappa shape index (κ1) is 21.7. The van der Waals surface area contributed by atoms with Crippen molar-refractivity contribution in [2.24, 2.45) is 5.73 Å². The minimum Gasteiger partial charge on any atom is -0.491 e. The zero-order valence-electron chi connectivity index (χ0n) is 17.5. The topological polar surface area (TPSA) is 105 Å². The maximum Gasteiger partial charge on any atom is 0.323 e. The lowest BCUT2D eigenvalue weighted by molar-refractivity contribution is 0.100. The van der Waals surface area contributed by atoms with Gasteiger partial charge in [0.15, 0.2) is 0 Å². The summed E-state index contributed by atoms with van der Waals surface area (Å²) in [6.07, 6.45) is 0.0327. The minimum absolute atomic E-state index is 0.0327. The monoisotopic (exact) mass is 418 g/mol. The molecule has 0 fully saturated rings. The van der Waals surface area contributed by atoms with Gasteiger partial charge < -0.3 is 26.4 Å². The smallest absolute Gasteiger partial charge is 0.323 e. The standard InChI is InChI=1S/C24H26N4O3/c1-16(2)31-20-10-6-9-18(13-20)27-24(30)28-19-11-12-22(21(14-19)23(25)29)26-15-17-7-4-3-5-8-17/h3-14,16,26H,15H2,1-2H3,(H2,25,29)(H2,27,28,30). The zero-order chi connectivity index (χ0) is 22.2. The van der Waals surface area contributed by atoms with Crippen LogP contribution >= 0.6 is 0 Å². The second-order valence-electron chi connectivity index (χ2n) is 7.24. The number of nitrogens with one attached hydrogen (secondary N) is 3. The minimum atomic E-state index is -0.585. The Morgan fingerprint density at radius 3 is 2.29 bits per heavy atom. The van der Waals surface area contributed by atoms with Crippen LogP contribution in [0, 0.1) is 0 Å². The van der Waals surface area contributed by atoms with Gasteiger partial charge in [0.25, 0.3) is 5.91 Å². The molecule has 0 saturated heterocycles. The molecule has 5 N–H and O–H groups in total. The first-order chi connectivity index (χ1) is 14.9. The van der Waals surface area contributed by atoms with E-state index in [1.165, 1.54) is 0 Å². The molecule has 3 aromatic carbocycles. The maximum atomic E-state index is 12.4. The summed E-state index contributed by atoms with van der Waals surface area (Å²) in [6, 6.07) is 21.5. The molecule has 3 rings (SSSR count). The van der Waals surface area contributed by atoms with Crippen LogP contribution in [0.5, 0.6) is 5.75 Å². The zero-order valence-corrected chi connectivity index (χ0v) is 17.5. The number of ether oxygens (including phenoxy) is 1. The molecule has 0 unspecified atom stereocenters. The van der Waals surface area contributed by atoms with Gasteiger partial charge in [-0.15, -0.1) is 0 Å². The molecule has 0 atom stereocenters.